The summed E-state index contributed by atoms with van der Waals surface area (Å²) in [6, 6.07) is 0. The van der Waals surface area contributed by atoms with E-state index >= 15 is 0 Å². The van der Waals surface area contributed by atoms with Crippen molar-refractivity contribution in [2.45, 2.75) is 83.3 Å². The standard InChI is InChI=1S/C25H34O6/c1-4-5-21-30-20-11-17-16-7-6-14-10-15(27)8-9-23(14,2)22(16)18(28)12-24(17,3)25(20,31-21)19(29)13-26/h8-10,16-18,20-22,26,28H,4-7,11-13H2,1-3H3/t16?,17?,18-,20-,21?,22?,23-,24-,25+/m0/s1/i2D3. The quantitative estimate of drug-likeness (QED) is 0.708. The van der Waals surface area contributed by atoms with Crippen LogP contribution in [-0.4, -0.2) is 52.5 Å². The summed E-state index contributed by atoms with van der Waals surface area (Å²) in [5.74, 6) is -1.60. The molecular weight excluding hydrogens is 396 g/mol. The minimum Gasteiger partial charge on any atom is -0.393 e. The third-order valence-corrected chi connectivity index (χ3v) is 8.96. The maximum atomic E-state index is 13.3. The normalized spacial score (nSPS) is 52.2. The van der Waals surface area contributed by atoms with E-state index in [9.17, 15) is 19.8 Å². The van der Waals surface area contributed by atoms with E-state index in [1.165, 1.54) is 18.2 Å². The van der Waals surface area contributed by atoms with Crippen molar-refractivity contribution in [3.05, 3.63) is 23.8 Å². The van der Waals surface area contributed by atoms with Crippen LogP contribution in [0.5, 0.6) is 0 Å². The van der Waals surface area contributed by atoms with Crippen LogP contribution in [-0.2, 0) is 19.1 Å². The van der Waals surface area contributed by atoms with E-state index in [-0.39, 0.29) is 24.0 Å². The van der Waals surface area contributed by atoms with Gasteiger partial charge >= 0.3 is 0 Å². The first-order chi connectivity index (χ1) is 16.0. The first-order valence-electron chi connectivity index (χ1n) is 13.1. The van der Waals surface area contributed by atoms with Crippen LogP contribution in [0.2, 0.25) is 0 Å². The molecule has 0 aromatic carbocycles. The fraction of sp³-hybridized carbons (Fsp3) is 0.760. The van der Waals surface area contributed by atoms with Gasteiger partial charge in [-0.2, -0.15) is 0 Å². The van der Waals surface area contributed by atoms with E-state index in [0.29, 0.717) is 31.3 Å². The molecule has 1 saturated heterocycles. The average molecular weight is 434 g/mol. The zero-order valence-electron chi connectivity index (χ0n) is 21.2. The summed E-state index contributed by atoms with van der Waals surface area (Å²) in [6.45, 7) is 0.823. The number of carbonyl (C=O) groups is 2. The van der Waals surface area contributed by atoms with Crippen LogP contribution >= 0.6 is 0 Å². The highest BCUT2D eigenvalue weighted by molar-refractivity contribution is 6.01. The summed E-state index contributed by atoms with van der Waals surface area (Å²) in [5, 5.41) is 21.6. The van der Waals surface area contributed by atoms with Gasteiger partial charge in [0.25, 0.3) is 0 Å². The Bertz CT molecular complexity index is 959. The van der Waals surface area contributed by atoms with Gasteiger partial charge in [-0.25, -0.2) is 0 Å². The highest BCUT2D eigenvalue weighted by Crippen LogP contribution is 2.69. The number of fused-ring (bicyclic) bond motifs is 7. The Morgan fingerprint density at radius 2 is 2.23 bits per heavy atom. The summed E-state index contributed by atoms with van der Waals surface area (Å²) in [4.78, 5) is 25.4. The topological polar surface area (TPSA) is 93.1 Å². The molecule has 0 radical (unpaired) electrons. The molecule has 170 valence electrons. The lowest BCUT2D eigenvalue weighted by Crippen LogP contribution is -2.63. The predicted octanol–water partition coefficient (Wildman–Crippen LogP) is 2.72. The average Bonchev–Trinajstić information content (AvgIpc) is 3.24. The van der Waals surface area contributed by atoms with E-state index in [1.807, 2.05) is 13.8 Å². The molecule has 2 N–H and O–H groups in total. The van der Waals surface area contributed by atoms with Crippen LogP contribution in [0.1, 0.15) is 63.3 Å². The van der Waals surface area contributed by atoms with E-state index in [1.54, 1.807) is 0 Å². The van der Waals surface area contributed by atoms with Crippen molar-refractivity contribution < 1.29 is 33.4 Å². The molecule has 4 aliphatic carbocycles. The van der Waals surface area contributed by atoms with Crippen LogP contribution in [0.3, 0.4) is 0 Å². The smallest absolute Gasteiger partial charge is 0.193 e. The summed E-state index contributed by atoms with van der Waals surface area (Å²) in [7, 11) is 0. The molecule has 0 bridgehead atoms. The molecule has 31 heavy (non-hydrogen) atoms. The van der Waals surface area contributed by atoms with Crippen LogP contribution in [0.4, 0.5) is 0 Å². The van der Waals surface area contributed by atoms with Gasteiger partial charge in [0, 0.05) is 20.9 Å². The molecule has 0 spiro atoms. The zero-order valence-corrected chi connectivity index (χ0v) is 18.2. The van der Waals surface area contributed by atoms with Crippen LogP contribution in [0, 0.1) is 28.6 Å². The Kier molecular flexibility index (Phi) is 4.14. The Balaban J connectivity index is 1.60. The van der Waals surface area contributed by atoms with E-state index in [2.05, 4.69) is 0 Å². The zero-order chi connectivity index (χ0) is 24.7. The molecule has 0 aromatic heterocycles. The van der Waals surface area contributed by atoms with E-state index < -0.39 is 60.1 Å². The fourth-order valence-electron chi connectivity index (χ4n) is 7.78. The Labute approximate surface area is 187 Å². The minimum atomic E-state index is -2.44. The molecule has 5 aliphatic rings. The number of aliphatic hydroxyl groups is 2. The van der Waals surface area contributed by atoms with Crippen molar-refractivity contribution in [1.29, 1.82) is 0 Å². The molecule has 6 heteroatoms. The molecule has 3 saturated carbocycles. The predicted molar refractivity (Wildman–Crippen MR) is 113 cm³/mol. The van der Waals surface area contributed by atoms with Crippen molar-refractivity contribution in [1.82, 2.24) is 0 Å². The monoisotopic (exact) mass is 433 g/mol. The van der Waals surface area contributed by atoms with Gasteiger partial charge in [-0.05, 0) is 56.1 Å². The summed E-state index contributed by atoms with van der Waals surface area (Å²) >= 11 is 0. The lowest BCUT2D eigenvalue weighted by Gasteiger charge is -2.59. The summed E-state index contributed by atoms with van der Waals surface area (Å²) < 4.78 is 38.0. The van der Waals surface area contributed by atoms with Crippen molar-refractivity contribution in [2.24, 2.45) is 28.6 Å². The SMILES string of the molecule is [2H]C([2H])([2H])[C@]12C=CC(=O)C=C1CCC1C3C[C@@H]4OC(CCC)O[C@@]4(C(=O)CO)[C@@]3(C)C[C@H](O)C12. The van der Waals surface area contributed by atoms with E-state index in [4.69, 9.17) is 13.6 Å². The number of ether oxygens (including phenoxy) is 2. The van der Waals surface area contributed by atoms with Crippen LogP contribution < -0.4 is 0 Å². The molecule has 5 rings (SSSR count). The molecular formula is C25H34O6. The second-order valence-electron chi connectivity index (χ2n) is 10.3. The first-order valence-corrected chi connectivity index (χ1v) is 11.6. The third kappa shape index (κ3) is 2.65. The fourth-order valence-corrected chi connectivity index (χ4v) is 7.78. The number of allylic oxidation sites excluding steroid dienone is 4. The van der Waals surface area contributed by atoms with Gasteiger partial charge in [0.15, 0.2) is 23.5 Å². The van der Waals surface area contributed by atoms with Gasteiger partial charge in [-0.15, -0.1) is 0 Å². The maximum absolute atomic E-state index is 13.3. The van der Waals surface area contributed by atoms with Crippen molar-refractivity contribution in [3.8, 4) is 0 Å². The number of ketones is 2. The summed E-state index contributed by atoms with van der Waals surface area (Å²) in [5.41, 5.74) is -3.02. The Morgan fingerprint density at radius 1 is 1.42 bits per heavy atom. The number of rotatable bonds is 4. The maximum Gasteiger partial charge on any atom is 0.193 e. The second kappa shape index (κ2) is 7.08. The highest BCUT2D eigenvalue weighted by atomic mass is 16.7. The number of aliphatic hydroxyl groups excluding tert-OH is 2. The largest absolute Gasteiger partial charge is 0.393 e. The van der Waals surface area contributed by atoms with Gasteiger partial charge in [0.1, 0.15) is 6.61 Å². The molecule has 1 aliphatic heterocycles. The molecule has 4 unspecified atom stereocenters. The highest BCUT2D eigenvalue weighted by Gasteiger charge is 2.75. The molecule has 1 heterocycles. The molecule has 0 amide bonds. The van der Waals surface area contributed by atoms with Gasteiger partial charge < -0.3 is 19.7 Å². The lowest BCUT2D eigenvalue weighted by molar-refractivity contribution is -0.200. The van der Waals surface area contributed by atoms with Gasteiger partial charge in [-0.3, -0.25) is 9.59 Å². The first kappa shape index (κ1) is 18.1. The van der Waals surface area contributed by atoms with Gasteiger partial charge in [0.05, 0.1) is 12.2 Å². The molecule has 0 aromatic rings. The van der Waals surface area contributed by atoms with Crippen LogP contribution in [0.25, 0.3) is 0 Å². The van der Waals surface area contributed by atoms with Crippen molar-refractivity contribution in [3.63, 3.8) is 0 Å². The molecule has 6 nitrogen and oxygen atoms in total. The van der Waals surface area contributed by atoms with Crippen molar-refractivity contribution >= 4 is 11.6 Å². The lowest BCUT2D eigenvalue weighted by atomic mass is 9.46. The number of hydrogen-bond acceptors (Lipinski definition) is 6. The number of hydrogen-bond donors (Lipinski definition) is 2. The Hall–Kier alpha value is -1.34. The molecule has 4 fully saturated rings. The second-order valence-corrected chi connectivity index (χ2v) is 10.3. The number of Topliss-reactive ketones (excluding diaryl/α,β-unsaturated/α-hetero) is 1. The van der Waals surface area contributed by atoms with Crippen molar-refractivity contribution in [2.75, 3.05) is 6.61 Å². The third-order valence-electron chi connectivity index (χ3n) is 8.96. The number of carbonyl (C=O) groups excluding carboxylic acids is 2. The summed E-state index contributed by atoms with van der Waals surface area (Å²) in [6.07, 6.45) is 5.32. The molecule has 9 atom stereocenters. The van der Waals surface area contributed by atoms with Gasteiger partial charge in [-0.1, -0.05) is 38.8 Å². The van der Waals surface area contributed by atoms with Crippen LogP contribution in [0.15, 0.2) is 23.8 Å². The minimum absolute atomic E-state index is 0.129. The Morgan fingerprint density at radius 3 is 2.94 bits per heavy atom. The van der Waals surface area contributed by atoms with E-state index in [0.717, 1.165) is 6.42 Å². The van der Waals surface area contributed by atoms with Gasteiger partial charge in [0.2, 0.25) is 0 Å².